The van der Waals surface area contributed by atoms with E-state index in [9.17, 15) is 24.3 Å². The van der Waals surface area contributed by atoms with Gasteiger partial charge in [0.15, 0.2) is 0 Å². The van der Waals surface area contributed by atoms with E-state index in [-0.39, 0.29) is 30.0 Å². The number of likely N-dealkylation sites (tertiary alicyclic amines) is 1. The van der Waals surface area contributed by atoms with Crippen LogP contribution < -0.4 is 10.1 Å². The fourth-order valence-corrected chi connectivity index (χ4v) is 6.17. The predicted molar refractivity (Wildman–Crippen MR) is 141 cm³/mol. The van der Waals surface area contributed by atoms with E-state index in [4.69, 9.17) is 4.74 Å². The van der Waals surface area contributed by atoms with Crippen molar-refractivity contribution in [2.24, 2.45) is 0 Å². The van der Waals surface area contributed by atoms with E-state index in [1.807, 2.05) is 19.9 Å². The number of piperidine rings is 2. The van der Waals surface area contributed by atoms with Crippen molar-refractivity contribution in [3.63, 3.8) is 0 Å². The molecule has 2 saturated heterocycles. The van der Waals surface area contributed by atoms with Crippen LogP contribution in [0.25, 0.3) is 0 Å². The Kier molecular flexibility index (Phi) is 7.26. The fourth-order valence-electron chi connectivity index (χ4n) is 6.17. The van der Waals surface area contributed by atoms with E-state index in [0.717, 1.165) is 23.4 Å². The van der Waals surface area contributed by atoms with Gasteiger partial charge in [0.1, 0.15) is 6.04 Å². The van der Waals surface area contributed by atoms with Gasteiger partial charge in [-0.2, -0.15) is 0 Å². The smallest absolute Gasteiger partial charge is 0.262 e. The van der Waals surface area contributed by atoms with E-state index in [2.05, 4.69) is 21.3 Å². The largest absolute Gasteiger partial charge is 0.481 e. The number of aryl methyl sites for hydroxylation is 1. The fraction of sp³-hybridized carbons (Fsp3) is 0.483. The number of carbonyl (C=O) groups is 4. The van der Waals surface area contributed by atoms with E-state index in [1.54, 1.807) is 25.3 Å². The number of hydrogen-bond donors (Lipinski definition) is 2. The highest BCUT2D eigenvalue weighted by Gasteiger charge is 2.46. The predicted octanol–water partition coefficient (Wildman–Crippen LogP) is 2.49. The SMILES string of the molecule is CC.COc1ccc2c(n1)CCC2N1CCC(O)(c2ccc3c(c2)C(=O)N(C2CCC(=O)NC2=O)C3=O)CC1. The Labute approximate surface area is 227 Å². The normalized spacial score (nSPS) is 24.1. The molecule has 2 unspecified atom stereocenters. The van der Waals surface area contributed by atoms with Gasteiger partial charge in [0, 0.05) is 37.3 Å². The Balaban J connectivity index is 0.00000151. The molecule has 2 N–H and O–H groups in total. The average molecular weight is 535 g/mol. The molecule has 2 fully saturated rings. The molecule has 10 heteroatoms. The quantitative estimate of drug-likeness (QED) is 0.573. The first kappa shape index (κ1) is 27.0. The molecule has 0 spiro atoms. The van der Waals surface area contributed by atoms with Gasteiger partial charge < -0.3 is 9.84 Å². The molecule has 1 aromatic carbocycles. The number of nitrogens with one attached hydrogen (secondary N) is 1. The number of pyridine rings is 1. The highest BCUT2D eigenvalue weighted by atomic mass is 16.5. The number of carbonyl (C=O) groups excluding carboxylic acids is 4. The van der Waals surface area contributed by atoms with Crippen molar-refractivity contribution in [1.82, 2.24) is 20.1 Å². The van der Waals surface area contributed by atoms with Crippen LogP contribution in [-0.4, -0.2) is 69.8 Å². The molecule has 10 nitrogen and oxygen atoms in total. The van der Waals surface area contributed by atoms with Crippen LogP contribution in [-0.2, 0) is 21.6 Å². The zero-order valence-electron chi connectivity index (χ0n) is 22.5. The third-order valence-corrected chi connectivity index (χ3v) is 8.25. The molecule has 4 aliphatic rings. The lowest BCUT2D eigenvalue weighted by Gasteiger charge is -2.41. The summed E-state index contributed by atoms with van der Waals surface area (Å²) in [5.74, 6) is -1.55. The summed E-state index contributed by atoms with van der Waals surface area (Å²) < 4.78 is 5.25. The van der Waals surface area contributed by atoms with E-state index in [0.29, 0.717) is 37.4 Å². The summed E-state index contributed by atoms with van der Waals surface area (Å²) in [4.78, 5) is 57.9. The zero-order valence-corrected chi connectivity index (χ0v) is 22.5. The maximum absolute atomic E-state index is 13.2. The number of ether oxygens (including phenoxy) is 1. The third-order valence-electron chi connectivity index (χ3n) is 8.25. The second-order valence-corrected chi connectivity index (χ2v) is 10.2. The van der Waals surface area contributed by atoms with Crippen molar-refractivity contribution in [3.05, 3.63) is 58.3 Å². The van der Waals surface area contributed by atoms with Crippen LogP contribution in [0.1, 0.15) is 89.5 Å². The van der Waals surface area contributed by atoms with Gasteiger partial charge in [-0.25, -0.2) is 4.98 Å². The molecule has 0 saturated carbocycles. The molecule has 0 radical (unpaired) electrons. The van der Waals surface area contributed by atoms with Crippen molar-refractivity contribution in [2.75, 3.05) is 20.2 Å². The number of amides is 4. The Hall–Kier alpha value is -3.63. The molecular formula is C29H34N4O6. The molecule has 1 aromatic heterocycles. The molecule has 0 bridgehead atoms. The summed E-state index contributed by atoms with van der Waals surface area (Å²) in [5, 5.41) is 13.8. The summed E-state index contributed by atoms with van der Waals surface area (Å²) in [5.41, 5.74) is 2.14. The number of aromatic nitrogens is 1. The average Bonchev–Trinajstić information content (AvgIpc) is 3.48. The van der Waals surface area contributed by atoms with Crippen LogP contribution >= 0.6 is 0 Å². The van der Waals surface area contributed by atoms with Crippen molar-refractivity contribution in [1.29, 1.82) is 0 Å². The third kappa shape index (κ3) is 4.61. The van der Waals surface area contributed by atoms with Gasteiger partial charge in [-0.1, -0.05) is 26.0 Å². The summed E-state index contributed by atoms with van der Waals surface area (Å²) in [7, 11) is 1.61. The van der Waals surface area contributed by atoms with Gasteiger partial charge in [0.25, 0.3) is 11.8 Å². The lowest BCUT2D eigenvalue weighted by molar-refractivity contribution is -0.136. The lowest BCUT2D eigenvalue weighted by Crippen LogP contribution is -2.54. The summed E-state index contributed by atoms with van der Waals surface area (Å²) in [6.07, 6.45) is 3.01. The Morgan fingerprint density at radius 3 is 2.33 bits per heavy atom. The number of imide groups is 2. The van der Waals surface area contributed by atoms with Crippen LogP contribution in [0, 0.1) is 0 Å². The van der Waals surface area contributed by atoms with Crippen LogP contribution in [0.3, 0.4) is 0 Å². The molecule has 3 aliphatic heterocycles. The Morgan fingerprint density at radius 2 is 1.64 bits per heavy atom. The molecule has 206 valence electrons. The van der Waals surface area contributed by atoms with Crippen molar-refractivity contribution in [2.45, 2.75) is 70.1 Å². The van der Waals surface area contributed by atoms with Gasteiger partial charge in [0.05, 0.1) is 23.8 Å². The minimum atomic E-state index is -1.13. The first-order valence-corrected chi connectivity index (χ1v) is 13.7. The molecule has 6 rings (SSSR count). The standard InChI is InChI=1S/C27H28N4O6.C2H6/c1-37-23-9-4-17-19(28-23)5-6-20(17)30-12-10-27(36,11-13-30)15-2-3-16-18(14-15)26(35)31(25(16)34)21-7-8-22(32)29-24(21)33;1-2/h2-4,9,14,20-21,36H,5-8,10-13H2,1H3,(H,29,32,33);1-2H3. The number of aliphatic hydroxyl groups is 1. The molecule has 4 heterocycles. The summed E-state index contributed by atoms with van der Waals surface area (Å²) in [6.45, 7) is 5.36. The highest BCUT2D eigenvalue weighted by Crippen LogP contribution is 2.42. The lowest BCUT2D eigenvalue weighted by atomic mass is 9.82. The second kappa shape index (κ2) is 10.5. The Bertz CT molecular complexity index is 1330. The van der Waals surface area contributed by atoms with Crippen molar-refractivity contribution >= 4 is 23.6 Å². The minimum absolute atomic E-state index is 0.0698. The zero-order chi connectivity index (χ0) is 27.9. The first-order chi connectivity index (χ1) is 18.8. The number of nitrogens with zero attached hydrogens (tertiary/aromatic N) is 3. The van der Waals surface area contributed by atoms with Crippen LogP contribution in [0.4, 0.5) is 0 Å². The van der Waals surface area contributed by atoms with Gasteiger partial charge >= 0.3 is 0 Å². The molecule has 4 amide bonds. The van der Waals surface area contributed by atoms with Crippen LogP contribution in [0.5, 0.6) is 5.88 Å². The van der Waals surface area contributed by atoms with Crippen LogP contribution in [0.15, 0.2) is 30.3 Å². The van der Waals surface area contributed by atoms with Gasteiger partial charge in [0.2, 0.25) is 17.7 Å². The topological polar surface area (TPSA) is 129 Å². The number of rotatable bonds is 4. The molecular weight excluding hydrogens is 500 g/mol. The van der Waals surface area contributed by atoms with E-state index >= 15 is 0 Å². The van der Waals surface area contributed by atoms with Crippen molar-refractivity contribution in [3.8, 4) is 5.88 Å². The number of fused-ring (bicyclic) bond motifs is 2. The van der Waals surface area contributed by atoms with Gasteiger partial charge in [-0.05, 0) is 55.4 Å². The Morgan fingerprint density at radius 1 is 0.949 bits per heavy atom. The highest BCUT2D eigenvalue weighted by molar-refractivity contribution is 6.23. The number of hydrogen-bond acceptors (Lipinski definition) is 8. The van der Waals surface area contributed by atoms with Gasteiger partial charge in [-0.15, -0.1) is 0 Å². The molecule has 2 aromatic rings. The van der Waals surface area contributed by atoms with E-state index < -0.39 is 35.3 Å². The summed E-state index contributed by atoms with van der Waals surface area (Å²) in [6, 6.07) is 8.07. The monoisotopic (exact) mass is 534 g/mol. The number of methoxy groups -OCH3 is 1. The van der Waals surface area contributed by atoms with Crippen molar-refractivity contribution < 1.29 is 29.0 Å². The van der Waals surface area contributed by atoms with E-state index in [1.165, 1.54) is 5.56 Å². The summed E-state index contributed by atoms with van der Waals surface area (Å²) >= 11 is 0. The molecule has 1 aliphatic carbocycles. The maximum Gasteiger partial charge on any atom is 0.262 e. The molecule has 39 heavy (non-hydrogen) atoms. The van der Waals surface area contributed by atoms with Crippen LogP contribution in [0.2, 0.25) is 0 Å². The second-order valence-electron chi connectivity index (χ2n) is 10.2. The minimum Gasteiger partial charge on any atom is -0.481 e. The maximum atomic E-state index is 13.2. The van der Waals surface area contributed by atoms with Gasteiger partial charge in [-0.3, -0.25) is 34.3 Å². The first-order valence-electron chi connectivity index (χ1n) is 13.7. The number of benzene rings is 1. The molecule has 2 atom stereocenters.